The molecule has 6 heteroatoms. The molecule has 130 valence electrons. The molecule has 4 nitrogen and oxygen atoms in total. The number of guanidine groups is 1. The first-order valence-corrected chi connectivity index (χ1v) is 9.39. The van der Waals surface area contributed by atoms with Crippen LogP contribution in [0.4, 0.5) is 0 Å². The zero-order chi connectivity index (χ0) is 15.4. The van der Waals surface area contributed by atoms with Crippen LogP contribution in [0, 0.1) is 0 Å². The van der Waals surface area contributed by atoms with Gasteiger partial charge in [-0.3, -0.25) is 4.99 Å². The molecule has 1 aliphatic heterocycles. The van der Waals surface area contributed by atoms with E-state index in [9.17, 15) is 0 Å². The van der Waals surface area contributed by atoms with Gasteiger partial charge in [-0.25, -0.2) is 0 Å². The van der Waals surface area contributed by atoms with Crippen molar-refractivity contribution in [1.29, 1.82) is 0 Å². The second kappa shape index (κ2) is 9.22. The molecule has 1 aliphatic carbocycles. The predicted octanol–water partition coefficient (Wildman–Crippen LogP) is 3.26. The van der Waals surface area contributed by atoms with Crippen LogP contribution in [0.25, 0.3) is 0 Å². The van der Waals surface area contributed by atoms with Gasteiger partial charge in [-0.1, -0.05) is 13.0 Å². The van der Waals surface area contributed by atoms with Crippen LogP contribution in [0.3, 0.4) is 0 Å². The standard InChI is InChI=1S/C17H28N4S.HI/c1-13(16-4-3-11-22-16)12-19-17(18-2)20-14-7-9-21(10-8-14)15-5-6-15;/h3-4,11,13-15H,5-10,12H2,1-2H3,(H2,18,19,20);1H. The summed E-state index contributed by atoms with van der Waals surface area (Å²) in [6, 6.07) is 5.81. The van der Waals surface area contributed by atoms with Crippen LogP contribution in [-0.2, 0) is 0 Å². The largest absolute Gasteiger partial charge is 0.356 e. The van der Waals surface area contributed by atoms with Crippen LogP contribution >= 0.6 is 35.3 Å². The van der Waals surface area contributed by atoms with E-state index in [1.54, 1.807) is 0 Å². The zero-order valence-corrected chi connectivity index (χ0v) is 17.3. The Morgan fingerprint density at radius 2 is 2.09 bits per heavy atom. The molecule has 0 aromatic carbocycles. The van der Waals surface area contributed by atoms with Gasteiger partial charge in [-0.05, 0) is 37.1 Å². The van der Waals surface area contributed by atoms with Crippen LogP contribution in [-0.4, -0.2) is 49.6 Å². The molecular weight excluding hydrogens is 419 g/mol. The molecule has 1 saturated carbocycles. The number of halogens is 1. The predicted molar refractivity (Wildman–Crippen MR) is 110 cm³/mol. The Kier molecular flexibility index (Phi) is 7.62. The van der Waals surface area contributed by atoms with Crippen molar-refractivity contribution >= 4 is 41.3 Å². The highest BCUT2D eigenvalue weighted by Crippen LogP contribution is 2.29. The van der Waals surface area contributed by atoms with Gasteiger partial charge in [-0.2, -0.15) is 0 Å². The number of hydrogen-bond donors (Lipinski definition) is 2. The minimum atomic E-state index is 0. The first kappa shape index (κ1) is 19.0. The summed E-state index contributed by atoms with van der Waals surface area (Å²) in [4.78, 5) is 8.48. The Hall–Kier alpha value is -0.340. The quantitative estimate of drug-likeness (QED) is 0.413. The molecule has 2 fully saturated rings. The van der Waals surface area contributed by atoms with Gasteiger partial charge in [0.2, 0.25) is 0 Å². The van der Waals surface area contributed by atoms with Gasteiger partial charge >= 0.3 is 0 Å². The summed E-state index contributed by atoms with van der Waals surface area (Å²) in [5.41, 5.74) is 0. The lowest BCUT2D eigenvalue weighted by Gasteiger charge is -2.33. The van der Waals surface area contributed by atoms with Crippen molar-refractivity contribution in [3.8, 4) is 0 Å². The molecule has 2 aliphatic rings. The molecule has 1 aromatic rings. The maximum Gasteiger partial charge on any atom is 0.191 e. The lowest BCUT2D eigenvalue weighted by Crippen LogP contribution is -2.49. The minimum Gasteiger partial charge on any atom is -0.356 e. The lowest BCUT2D eigenvalue weighted by molar-refractivity contribution is 0.197. The molecule has 1 aromatic heterocycles. The maximum absolute atomic E-state index is 4.39. The van der Waals surface area contributed by atoms with Crippen molar-refractivity contribution in [3.63, 3.8) is 0 Å². The molecule has 0 radical (unpaired) electrons. The zero-order valence-electron chi connectivity index (χ0n) is 14.1. The van der Waals surface area contributed by atoms with E-state index in [1.165, 1.54) is 43.6 Å². The minimum absolute atomic E-state index is 0. The van der Waals surface area contributed by atoms with E-state index in [1.807, 2.05) is 18.4 Å². The third-order valence-electron chi connectivity index (χ3n) is 4.76. The molecule has 1 atom stereocenters. The average Bonchev–Trinajstić information content (AvgIpc) is 3.25. The second-order valence-electron chi connectivity index (χ2n) is 6.56. The third-order valence-corrected chi connectivity index (χ3v) is 5.87. The van der Waals surface area contributed by atoms with Crippen LogP contribution in [0.1, 0.15) is 43.4 Å². The molecular formula is C17H29IN4S. The van der Waals surface area contributed by atoms with Crippen LogP contribution in [0.2, 0.25) is 0 Å². The molecule has 23 heavy (non-hydrogen) atoms. The number of nitrogens with zero attached hydrogens (tertiary/aromatic N) is 2. The Morgan fingerprint density at radius 3 is 2.65 bits per heavy atom. The SMILES string of the molecule is CN=C(NCC(C)c1cccs1)NC1CCN(C2CC2)CC1.I. The van der Waals surface area contributed by atoms with Crippen LogP contribution < -0.4 is 10.6 Å². The number of thiophene rings is 1. The Morgan fingerprint density at radius 1 is 1.35 bits per heavy atom. The summed E-state index contributed by atoms with van der Waals surface area (Å²) in [5.74, 6) is 1.48. The number of piperidine rings is 1. The summed E-state index contributed by atoms with van der Waals surface area (Å²) >= 11 is 1.83. The van der Waals surface area contributed by atoms with Gasteiger partial charge in [0, 0.05) is 49.6 Å². The lowest BCUT2D eigenvalue weighted by atomic mass is 10.1. The fourth-order valence-electron chi connectivity index (χ4n) is 3.16. The Labute approximate surface area is 161 Å². The molecule has 0 amide bonds. The number of aliphatic imine (C=N–C) groups is 1. The summed E-state index contributed by atoms with van der Waals surface area (Å²) in [6.07, 6.45) is 5.30. The summed E-state index contributed by atoms with van der Waals surface area (Å²) in [5, 5.41) is 9.23. The number of nitrogens with one attached hydrogen (secondary N) is 2. The topological polar surface area (TPSA) is 39.7 Å². The molecule has 1 saturated heterocycles. The van der Waals surface area contributed by atoms with Gasteiger partial charge in [0.25, 0.3) is 0 Å². The van der Waals surface area contributed by atoms with Gasteiger partial charge in [0.05, 0.1) is 0 Å². The molecule has 0 bridgehead atoms. The van der Waals surface area contributed by atoms with Crippen LogP contribution in [0.5, 0.6) is 0 Å². The van der Waals surface area contributed by atoms with E-state index in [2.05, 4.69) is 45.0 Å². The van der Waals surface area contributed by atoms with E-state index in [0.29, 0.717) is 12.0 Å². The third kappa shape index (κ3) is 5.60. The number of likely N-dealkylation sites (tertiary alicyclic amines) is 1. The highest BCUT2D eigenvalue weighted by atomic mass is 127. The van der Waals surface area contributed by atoms with Gasteiger partial charge in [0.1, 0.15) is 0 Å². The first-order chi connectivity index (χ1) is 10.8. The van der Waals surface area contributed by atoms with Gasteiger partial charge < -0.3 is 15.5 Å². The summed E-state index contributed by atoms with van der Waals surface area (Å²) in [7, 11) is 1.87. The van der Waals surface area contributed by atoms with Crippen molar-refractivity contribution in [3.05, 3.63) is 22.4 Å². The molecule has 2 N–H and O–H groups in total. The van der Waals surface area contributed by atoms with Crippen molar-refractivity contribution < 1.29 is 0 Å². The molecule has 1 unspecified atom stereocenters. The summed E-state index contributed by atoms with van der Waals surface area (Å²) < 4.78 is 0. The smallest absolute Gasteiger partial charge is 0.191 e. The fourth-order valence-corrected chi connectivity index (χ4v) is 3.95. The van der Waals surface area contributed by atoms with Crippen molar-refractivity contribution in [2.24, 2.45) is 4.99 Å². The molecule has 2 heterocycles. The van der Waals surface area contributed by atoms with Crippen LogP contribution in [0.15, 0.2) is 22.5 Å². The highest BCUT2D eigenvalue weighted by Gasteiger charge is 2.31. The fraction of sp³-hybridized carbons (Fsp3) is 0.706. The monoisotopic (exact) mass is 448 g/mol. The summed E-state index contributed by atoms with van der Waals surface area (Å²) in [6.45, 7) is 5.68. The second-order valence-corrected chi connectivity index (χ2v) is 7.53. The van der Waals surface area contributed by atoms with E-state index in [-0.39, 0.29) is 24.0 Å². The van der Waals surface area contributed by atoms with Gasteiger partial charge in [-0.15, -0.1) is 35.3 Å². The Bertz CT molecular complexity index is 479. The first-order valence-electron chi connectivity index (χ1n) is 8.51. The van der Waals surface area contributed by atoms with E-state index < -0.39 is 0 Å². The van der Waals surface area contributed by atoms with Crippen molar-refractivity contribution in [1.82, 2.24) is 15.5 Å². The van der Waals surface area contributed by atoms with Crippen molar-refractivity contribution in [2.45, 2.75) is 50.6 Å². The number of hydrogen-bond acceptors (Lipinski definition) is 3. The van der Waals surface area contributed by atoms with E-state index in [4.69, 9.17) is 0 Å². The average molecular weight is 448 g/mol. The Balaban J connectivity index is 0.00000192. The van der Waals surface area contributed by atoms with E-state index in [0.717, 1.165) is 18.5 Å². The van der Waals surface area contributed by atoms with E-state index >= 15 is 0 Å². The molecule has 0 spiro atoms. The maximum atomic E-state index is 4.39. The molecule has 3 rings (SSSR count). The highest BCUT2D eigenvalue weighted by molar-refractivity contribution is 14.0. The number of rotatable bonds is 5. The van der Waals surface area contributed by atoms with Crippen molar-refractivity contribution in [2.75, 3.05) is 26.7 Å². The normalized spacial score (nSPS) is 21.6. The van der Waals surface area contributed by atoms with Gasteiger partial charge in [0.15, 0.2) is 5.96 Å².